The zero-order valence-electron chi connectivity index (χ0n) is 13.9. The third-order valence-electron chi connectivity index (χ3n) is 4.31. The molecule has 5 nitrogen and oxygen atoms in total. The Morgan fingerprint density at radius 1 is 1.20 bits per heavy atom. The molecule has 0 N–H and O–H groups in total. The van der Waals surface area contributed by atoms with Gasteiger partial charge in [-0.2, -0.15) is 0 Å². The molecular weight excluding hydrogens is 354 g/mol. The van der Waals surface area contributed by atoms with Gasteiger partial charge in [0.15, 0.2) is 0 Å². The van der Waals surface area contributed by atoms with Crippen LogP contribution in [0.3, 0.4) is 0 Å². The van der Waals surface area contributed by atoms with Gasteiger partial charge in [0.25, 0.3) is 0 Å². The minimum Gasteiger partial charge on any atom is -0.340 e. The van der Waals surface area contributed by atoms with Crippen LogP contribution >= 0.6 is 22.9 Å². The fourth-order valence-electron chi connectivity index (χ4n) is 2.90. The van der Waals surface area contributed by atoms with Gasteiger partial charge in [0.1, 0.15) is 10.8 Å². The number of rotatable bonds is 4. The molecule has 0 radical (unpaired) electrons. The van der Waals surface area contributed by atoms with E-state index < -0.39 is 0 Å². The molecule has 128 valence electrons. The van der Waals surface area contributed by atoms with Crippen LogP contribution in [0.2, 0.25) is 5.02 Å². The van der Waals surface area contributed by atoms with Crippen molar-refractivity contribution in [3.63, 3.8) is 0 Å². The van der Waals surface area contributed by atoms with E-state index in [1.165, 1.54) is 11.1 Å². The maximum absolute atomic E-state index is 5.94. The number of hydrogen-bond donors (Lipinski definition) is 0. The number of aryl methyl sites for hydroxylation is 1. The molecule has 0 amide bonds. The lowest BCUT2D eigenvalue weighted by atomic mass is 10.1. The van der Waals surface area contributed by atoms with Crippen molar-refractivity contribution in [3.8, 4) is 0 Å². The van der Waals surface area contributed by atoms with Gasteiger partial charge in [-0.3, -0.25) is 0 Å². The molecular formula is C18H18ClN5S. The van der Waals surface area contributed by atoms with Crippen molar-refractivity contribution in [2.24, 2.45) is 0 Å². The molecule has 7 heteroatoms. The fourth-order valence-corrected chi connectivity index (χ4v) is 3.92. The van der Waals surface area contributed by atoms with E-state index in [1.54, 1.807) is 11.3 Å². The van der Waals surface area contributed by atoms with Crippen molar-refractivity contribution in [1.82, 2.24) is 20.2 Å². The minimum absolute atomic E-state index is 0.752. The maximum atomic E-state index is 5.94. The monoisotopic (exact) mass is 371 g/mol. The Bertz CT molecular complexity index is 877. The number of nitrogens with zero attached hydrogens (tertiary/aromatic N) is 5. The molecule has 25 heavy (non-hydrogen) atoms. The number of aromatic nitrogens is 4. The van der Waals surface area contributed by atoms with Gasteiger partial charge in [0.2, 0.25) is 5.13 Å². The molecule has 0 unspecified atom stereocenters. The SMILES string of the molecule is CCc1ncc2c(n1)CN(c1nnc(Cc3ccc(Cl)cc3)s1)CC2. The third kappa shape index (κ3) is 3.65. The second-order valence-corrected chi connectivity index (χ2v) is 7.54. The van der Waals surface area contributed by atoms with Crippen LogP contribution in [0.25, 0.3) is 0 Å². The molecule has 0 spiro atoms. The lowest BCUT2D eigenvalue weighted by Crippen LogP contribution is -2.31. The first-order valence-corrected chi connectivity index (χ1v) is 9.56. The first-order valence-electron chi connectivity index (χ1n) is 8.36. The average Bonchev–Trinajstić information content (AvgIpc) is 3.11. The summed E-state index contributed by atoms with van der Waals surface area (Å²) in [5.41, 5.74) is 3.56. The molecule has 0 fully saturated rings. The van der Waals surface area contributed by atoms with E-state index in [-0.39, 0.29) is 0 Å². The van der Waals surface area contributed by atoms with Crippen LogP contribution < -0.4 is 4.90 Å². The normalized spacial score (nSPS) is 13.8. The molecule has 0 bridgehead atoms. The number of halogens is 1. The number of fused-ring (bicyclic) bond motifs is 1. The molecule has 1 aliphatic heterocycles. The van der Waals surface area contributed by atoms with Crippen LogP contribution in [0.15, 0.2) is 30.5 Å². The summed E-state index contributed by atoms with van der Waals surface area (Å²) in [6.45, 7) is 3.79. The molecule has 3 aromatic rings. The van der Waals surface area contributed by atoms with Gasteiger partial charge in [0.05, 0.1) is 12.2 Å². The molecule has 2 aromatic heterocycles. The van der Waals surface area contributed by atoms with Gasteiger partial charge in [-0.05, 0) is 29.7 Å². The van der Waals surface area contributed by atoms with Gasteiger partial charge in [-0.1, -0.05) is 42.0 Å². The van der Waals surface area contributed by atoms with Crippen LogP contribution in [-0.4, -0.2) is 26.7 Å². The highest BCUT2D eigenvalue weighted by Crippen LogP contribution is 2.27. The zero-order valence-corrected chi connectivity index (χ0v) is 15.5. The largest absolute Gasteiger partial charge is 0.340 e. The molecule has 4 rings (SSSR count). The lowest BCUT2D eigenvalue weighted by Gasteiger charge is -2.27. The van der Waals surface area contributed by atoms with E-state index in [9.17, 15) is 0 Å². The van der Waals surface area contributed by atoms with E-state index in [0.717, 1.165) is 59.0 Å². The Balaban J connectivity index is 1.49. The molecule has 0 aliphatic carbocycles. The van der Waals surface area contributed by atoms with E-state index in [0.29, 0.717) is 0 Å². The van der Waals surface area contributed by atoms with Crippen LogP contribution in [0.4, 0.5) is 5.13 Å². The van der Waals surface area contributed by atoms with Crippen molar-refractivity contribution in [1.29, 1.82) is 0 Å². The van der Waals surface area contributed by atoms with E-state index >= 15 is 0 Å². The lowest BCUT2D eigenvalue weighted by molar-refractivity contribution is 0.687. The number of anilines is 1. The summed E-state index contributed by atoms with van der Waals surface area (Å²) in [5, 5.41) is 11.5. The molecule has 0 saturated carbocycles. The average molecular weight is 372 g/mol. The van der Waals surface area contributed by atoms with Gasteiger partial charge in [0, 0.05) is 30.6 Å². The minimum atomic E-state index is 0.752. The second-order valence-electron chi connectivity index (χ2n) is 6.06. The summed E-state index contributed by atoms with van der Waals surface area (Å²) in [5.74, 6) is 0.904. The molecule has 0 saturated heterocycles. The number of hydrogen-bond acceptors (Lipinski definition) is 6. The predicted molar refractivity (Wildman–Crippen MR) is 100 cm³/mol. The molecule has 3 heterocycles. The summed E-state index contributed by atoms with van der Waals surface area (Å²) in [6.07, 6.45) is 4.56. The summed E-state index contributed by atoms with van der Waals surface area (Å²) in [7, 11) is 0. The van der Waals surface area contributed by atoms with Crippen molar-refractivity contribution in [3.05, 3.63) is 63.1 Å². The van der Waals surface area contributed by atoms with Gasteiger partial charge in [-0.15, -0.1) is 10.2 Å². The second kappa shape index (κ2) is 7.06. The first kappa shape index (κ1) is 16.4. The smallest absolute Gasteiger partial charge is 0.208 e. The molecule has 1 aromatic carbocycles. The van der Waals surface area contributed by atoms with Crippen molar-refractivity contribution >= 4 is 28.1 Å². The standard InChI is InChI=1S/C18H18ClN5S/c1-2-16-20-10-13-7-8-24(11-15(13)21-16)18-23-22-17(25-18)9-12-3-5-14(19)6-4-12/h3-6,10H,2,7-9,11H2,1H3. The van der Waals surface area contributed by atoms with Crippen molar-refractivity contribution in [2.45, 2.75) is 32.7 Å². The Morgan fingerprint density at radius 2 is 2.04 bits per heavy atom. The van der Waals surface area contributed by atoms with Crippen molar-refractivity contribution < 1.29 is 0 Å². The highest BCUT2D eigenvalue weighted by Gasteiger charge is 2.21. The zero-order chi connectivity index (χ0) is 17.2. The van der Waals surface area contributed by atoms with Crippen LogP contribution in [0, 0.1) is 0 Å². The Morgan fingerprint density at radius 3 is 2.84 bits per heavy atom. The fraction of sp³-hybridized carbons (Fsp3) is 0.333. The van der Waals surface area contributed by atoms with Gasteiger partial charge >= 0.3 is 0 Å². The topological polar surface area (TPSA) is 54.8 Å². The highest BCUT2D eigenvalue weighted by atomic mass is 35.5. The number of benzene rings is 1. The van der Waals surface area contributed by atoms with E-state index in [4.69, 9.17) is 11.6 Å². The van der Waals surface area contributed by atoms with Crippen molar-refractivity contribution in [2.75, 3.05) is 11.4 Å². The maximum Gasteiger partial charge on any atom is 0.208 e. The predicted octanol–water partition coefficient (Wildman–Crippen LogP) is 3.70. The Kier molecular flexibility index (Phi) is 4.63. The first-order chi connectivity index (χ1) is 12.2. The summed E-state index contributed by atoms with van der Waals surface area (Å²) in [6, 6.07) is 7.88. The Hall–Kier alpha value is -2.05. The van der Waals surface area contributed by atoms with Gasteiger partial charge < -0.3 is 4.90 Å². The quantitative estimate of drug-likeness (QED) is 0.700. The highest BCUT2D eigenvalue weighted by molar-refractivity contribution is 7.15. The summed E-state index contributed by atoms with van der Waals surface area (Å²) >= 11 is 7.59. The third-order valence-corrected chi connectivity index (χ3v) is 5.54. The van der Waals surface area contributed by atoms with Crippen LogP contribution in [0.1, 0.15) is 34.6 Å². The summed E-state index contributed by atoms with van der Waals surface area (Å²) < 4.78 is 0. The molecule has 0 atom stereocenters. The Labute approximate surface area is 155 Å². The van der Waals surface area contributed by atoms with Crippen LogP contribution in [-0.2, 0) is 25.8 Å². The van der Waals surface area contributed by atoms with Crippen LogP contribution in [0.5, 0.6) is 0 Å². The van der Waals surface area contributed by atoms with E-state index in [2.05, 4.69) is 32.0 Å². The van der Waals surface area contributed by atoms with E-state index in [1.807, 2.05) is 30.5 Å². The molecule has 1 aliphatic rings. The van der Waals surface area contributed by atoms with Gasteiger partial charge in [-0.25, -0.2) is 9.97 Å². The summed E-state index contributed by atoms with van der Waals surface area (Å²) in [4.78, 5) is 11.3.